The predicted molar refractivity (Wildman–Crippen MR) is 79.9 cm³/mol. The molecule has 0 radical (unpaired) electrons. The van der Waals surface area contributed by atoms with Gasteiger partial charge in [-0.15, -0.1) is 0 Å². The standard InChI is InChI=1S/C15H22N2O4/c1-15(2,3)21-14(20)17-12(9-10-18)13(19)16-11-7-5-4-6-8-11/h4-8,12,18H,9-10H2,1-3H3,(H,16,19)(H,17,20). The first-order valence-corrected chi connectivity index (χ1v) is 6.78. The lowest BCUT2D eigenvalue weighted by Crippen LogP contribution is -2.46. The Balaban J connectivity index is 2.63. The van der Waals surface area contributed by atoms with Crippen LogP contribution in [0.4, 0.5) is 10.5 Å². The van der Waals surface area contributed by atoms with Gasteiger partial charge in [0.1, 0.15) is 11.6 Å². The summed E-state index contributed by atoms with van der Waals surface area (Å²) in [5.74, 6) is -0.402. The lowest BCUT2D eigenvalue weighted by atomic mass is 10.2. The number of amides is 2. The van der Waals surface area contributed by atoms with E-state index in [4.69, 9.17) is 9.84 Å². The van der Waals surface area contributed by atoms with Gasteiger partial charge in [-0.3, -0.25) is 4.79 Å². The number of aliphatic hydroxyl groups is 1. The Hall–Kier alpha value is -2.08. The monoisotopic (exact) mass is 294 g/mol. The number of benzene rings is 1. The van der Waals surface area contributed by atoms with Crippen molar-refractivity contribution in [2.45, 2.75) is 38.8 Å². The van der Waals surface area contributed by atoms with Crippen molar-refractivity contribution < 1.29 is 19.4 Å². The van der Waals surface area contributed by atoms with Crippen molar-refractivity contribution in [2.75, 3.05) is 11.9 Å². The molecule has 0 saturated carbocycles. The van der Waals surface area contributed by atoms with Crippen LogP contribution in [0.15, 0.2) is 30.3 Å². The van der Waals surface area contributed by atoms with Crippen molar-refractivity contribution in [2.24, 2.45) is 0 Å². The van der Waals surface area contributed by atoms with Gasteiger partial charge in [-0.25, -0.2) is 4.79 Å². The van der Waals surface area contributed by atoms with Crippen molar-refractivity contribution in [3.63, 3.8) is 0 Å². The molecule has 1 aromatic carbocycles. The molecule has 21 heavy (non-hydrogen) atoms. The molecule has 116 valence electrons. The van der Waals surface area contributed by atoms with E-state index in [1.807, 2.05) is 6.07 Å². The Labute approximate surface area is 124 Å². The third kappa shape index (κ3) is 6.76. The zero-order valence-corrected chi connectivity index (χ0v) is 12.6. The summed E-state index contributed by atoms with van der Waals surface area (Å²) in [7, 11) is 0. The molecule has 0 saturated heterocycles. The molecule has 1 aromatic rings. The molecule has 0 bridgehead atoms. The summed E-state index contributed by atoms with van der Waals surface area (Å²) in [5, 5.41) is 14.2. The maximum absolute atomic E-state index is 12.1. The van der Waals surface area contributed by atoms with Gasteiger partial charge in [0.05, 0.1) is 0 Å². The van der Waals surface area contributed by atoms with Crippen LogP contribution in [0.5, 0.6) is 0 Å². The van der Waals surface area contributed by atoms with Gasteiger partial charge in [-0.1, -0.05) is 18.2 Å². The molecule has 1 rings (SSSR count). The highest BCUT2D eigenvalue weighted by molar-refractivity contribution is 5.96. The average molecular weight is 294 g/mol. The second-order valence-corrected chi connectivity index (χ2v) is 5.57. The average Bonchev–Trinajstić information content (AvgIpc) is 2.37. The number of nitrogens with one attached hydrogen (secondary N) is 2. The summed E-state index contributed by atoms with van der Waals surface area (Å²) in [5.41, 5.74) is -0.0274. The molecule has 0 aliphatic carbocycles. The normalized spacial score (nSPS) is 12.4. The zero-order valence-electron chi connectivity index (χ0n) is 12.6. The third-order valence-electron chi connectivity index (χ3n) is 2.47. The first-order chi connectivity index (χ1) is 9.81. The summed E-state index contributed by atoms with van der Waals surface area (Å²) in [6.07, 6.45) is -0.582. The van der Waals surface area contributed by atoms with Crippen molar-refractivity contribution >= 4 is 17.7 Å². The molecule has 6 heteroatoms. The van der Waals surface area contributed by atoms with Gasteiger partial charge < -0.3 is 20.5 Å². The highest BCUT2D eigenvalue weighted by Gasteiger charge is 2.24. The molecular weight excluding hydrogens is 272 g/mol. The Morgan fingerprint density at radius 1 is 1.24 bits per heavy atom. The molecule has 0 heterocycles. The third-order valence-corrected chi connectivity index (χ3v) is 2.47. The van der Waals surface area contributed by atoms with Crippen LogP contribution >= 0.6 is 0 Å². The number of aliphatic hydroxyl groups excluding tert-OH is 1. The van der Waals surface area contributed by atoms with Gasteiger partial charge in [0, 0.05) is 12.3 Å². The number of carbonyl (C=O) groups is 2. The van der Waals surface area contributed by atoms with E-state index in [9.17, 15) is 9.59 Å². The fraction of sp³-hybridized carbons (Fsp3) is 0.467. The molecule has 0 aliphatic heterocycles. The fourth-order valence-corrected chi connectivity index (χ4v) is 1.60. The Bertz CT molecular complexity index is 468. The van der Waals surface area contributed by atoms with Crippen molar-refractivity contribution in [1.82, 2.24) is 5.32 Å². The zero-order chi connectivity index (χ0) is 15.9. The number of alkyl carbamates (subject to hydrolysis) is 1. The van der Waals surface area contributed by atoms with E-state index in [1.165, 1.54) is 0 Å². The Morgan fingerprint density at radius 3 is 2.38 bits per heavy atom. The molecule has 0 spiro atoms. The topological polar surface area (TPSA) is 87.7 Å². The minimum Gasteiger partial charge on any atom is -0.444 e. The van der Waals surface area contributed by atoms with Gasteiger partial charge >= 0.3 is 6.09 Å². The van der Waals surface area contributed by atoms with Gasteiger partial charge in [-0.2, -0.15) is 0 Å². The molecule has 0 fully saturated rings. The van der Waals surface area contributed by atoms with Crippen LogP contribution in [0.25, 0.3) is 0 Å². The quantitative estimate of drug-likeness (QED) is 0.774. The van der Waals surface area contributed by atoms with E-state index in [2.05, 4.69) is 10.6 Å². The Morgan fingerprint density at radius 2 is 1.86 bits per heavy atom. The molecule has 1 atom stereocenters. The summed E-state index contributed by atoms with van der Waals surface area (Å²) in [6, 6.07) is 8.03. The summed E-state index contributed by atoms with van der Waals surface area (Å²) < 4.78 is 5.10. The SMILES string of the molecule is CC(C)(C)OC(=O)NC(CCO)C(=O)Nc1ccccc1. The number of hydrogen-bond acceptors (Lipinski definition) is 4. The van der Waals surface area contributed by atoms with Crippen LogP contribution in [0, 0.1) is 0 Å². The second-order valence-electron chi connectivity index (χ2n) is 5.57. The van der Waals surface area contributed by atoms with E-state index in [0.29, 0.717) is 5.69 Å². The van der Waals surface area contributed by atoms with Crippen LogP contribution < -0.4 is 10.6 Å². The molecular formula is C15H22N2O4. The minimum atomic E-state index is -0.856. The number of para-hydroxylation sites is 1. The van der Waals surface area contributed by atoms with E-state index >= 15 is 0 Å². The maximum atomic E-state index is 12.1. The van der Waals surface area contributed by atoms with Crippen molar-refractivity contribution in [3.8, 4) is 0 Å². The molecule has 6 nitrogen and oxygen atoms in total. The van der Waals surface area contributed by atoms with Crippen molar-refractivity contribution in [3.05, 3.63) is 30.3 Å². The summed E-state index contributed by atoms with van der Waals surface area (Å²) in [6.45, 7) is 4.98. The lowest BCUT2D eigenvalue weighted by molar-refractivity contribution is -0.118. The van der Waals surface area contributed by atoms with E-state index in [-0.39, 0.29) is 13.0 Å². The molecule has 1 unspecified atom stereocenters. The van der Waals surface area contributed by atoms with Gasteiger partial charge in [-0.05, 0) is 39.3 Å². The highest BCUT2D eigenvalue weighted by Crippen LogP contribution is 2.09. The largest absolute Gasteiger partial charge is 0.444 e. The van der Waals surface area contributed by atoms with Gasteiger partial charge in [0.15, 0.2) is 0 Å². The van der Waals surface area contributed by atoms with Crippen molar-refractivity contribution in [1.29, 1.82) is 0 Å². The highest BCUT2D eigenvalue weighted by atomic mass is 16.6. The smallest absolute Gasteiger partial charge is 0.408 e. The van der Waals surface area contributed by atoms with Crippen LogP contribution in [-0.4, -0.2) is 35.4 Å². The van der Waals surface area contributed by atoms with Crippen LogP contribution in [-0.2, 0) is 9.53 Å². The summed E-state index contributed by atoms with van der Waals surface area (Å²) >= 11 is 0. The fourth-order valence-electron chi connectivity index (χ4n) is 1.60. The predicted octanol–water partition coefficient (Wildman–Crippen LogP) is 1.90. The van der Waals surface area contributed by atoms with E-state index < -0.39 is 23.6 Å². The van der Waals surface area contributed by atoms with Crippen LogP contribution in [0.1, 0.15) is 27.2 Å². The number of carbonyl (C=O) groups excluding carboxylic acids is 2. The first kappa shape index (κ1) is 17.0. The second kappa shape index (κ2) is 7.64. The van der Waals surface area contributed by atoms with E-state index in [0.717, 1.165) is 0 Å². The first-order valence-electron chi connectivity index (χ1n) is 6.78. The lowest BCUT2D eigenvalue weighted by Gasteiger charge is -2.23. The number of hydrogen-bond donors (Lipinski definition) is 3. The molecule has 0 aliphatic rings. The van der Waals surface area contributed by atoms with E-state index in [1.54, 1.807) is 45.0 Å². The molecule has 3 N–H and O–H groups in total. The summed E-state index contributed by atoms with van der Waals surface area (Å²) in [4.78, 5) is 23.8. The molecule has 2 amide bonds. The van der Waals surface area contributed by atoms with Crippen LogP contribution in [0.2, 0.25) is 0 Å². The van der Waals surface area contributed by atoms with Gasteiger partial charge in [0.25, 0.3) is 0 Å². The maximum Gasteiger partial charge on any atom is 0.408 e. The number of ether oxygens (including phenoxy) is 1. The molecule has 0 aromatic heterocycles. The number of rotatable bonds is 5. The van der Waals surface area contributed by atoms with Crippen LogP contribution in [0.3, 0.4) is 0 Å². The van der Waals surface area contributed by atoms with Gasteiger partial charge in [0.2, 0.25) is 5.91 Å². The Kier molecular flexibility index (Phi) is 6.17. The number of anilines is 1. The minimum absolute atomic E-state index is 0.109.